The average Bonchev–Trinajstić information content (AvgIpc) is 2.09. The van der Waals surface area contributed by atoms with Gasteiger partial charge in [0.1, 0.15) is 0 Å². The third-order valence-corrected chi connectivity index (χ3v) is 4.27. The largest absolute Gasteiger partial charge is 0.481 e. The Morgan fingerprint density at radius 2 is 2.07 bits per heavy atom. The molecule has 0 saturated heterocycles. The molecule has 3 N–H and O–H groups in total. The van der Waals surface area contributed by atoms with Crippen molar-refractivity contribution in [2.24, 2.45) is 23.0 Å². The van der Waals surface area contributed by atoms with Gasteiger partial charge in [-0.05, 0) is 55.9 Å². The zero-order valence-electron chi connectivity index (χ0n) is 8.54. The fourth-order valence-corrected chi connectivity index (χ4v) is 3.18. The van der Waals surface area contributed by atoms with E-state index in [1.54, 1.807) is 0 Å². The summed E-state index contributed by atoms with van der Waals surface area (Å²) in [4.78, 5) is 10.8. The summed E-state index contributed by atoms with van der Waals surface area (Å²) >= 11 is 0. The highest BCUT2D eigenvalue weighted by atomic mass is 16.4. The van der Waals surface area contributed by atoms with Crippen LogP contribution < -0.4 is 5.73 Å². The summed E-state index contributed by atoms with van der Waals surface area (Å²) in [5.41, 5.74) is 5.68. The van der Waals surface area contributed by atoms with Gasteiger partial charge in [0.25, 0.3) is 0 Å². The van der Waals surface area contributed by atoms with E-state index in [1.807, 2.05) is 0 Å². The van der Waals surface area contributed by atoms with Gasteiger partial charge < -0.3 is 10.8 Å². The molecule has 0 unspecified atom stereocenters. The van der Waals surface area contributed by atoms with Crippen molar-refractivity contribution in [1.29, 1.82) is 0 Å². The third-order valence-electron chi connectivity index (χ3n) is 4.27. The van der Waals surface area contributed by atoms with Crippen molar-refractivity contribution in [3.8, 4) is 0 Å². The Morgan fingerprint density at radius 3 is 2.50 bits per heavy atom. The van der Waals surface area contributed by atoms with Crippen LogP contribution in [0.4, 0.5) is 0 Å². The second-order valence-corrected chi connectivity index (χ2v) is 5.11. The van der Waals surface area contributed by atoms with Crippen LogP contribution in [0, 0.1) is 17.3 Å². The number of hydrogen-bond acceptors (Lipinski definition) is 2. The van der Waals surface area contributed by atoms with E-state index in [2.05, 4.69) is 0 Å². The van der Waals surface area contributed by atoms with Crippen molar-refractivity contribution in [3.63, 3.8) is 0 Å². The topological polar surface area (TPSA) is 63.3 Å². The van der Waals surface area contributed by atoms with Crippen molar-refractivity contribution < 1.29 is 9.90 Å². The summed E-state index contributed by atoms with van der Waals surface area (Å²) in [5.74, 6) is 0.989. The van der Waals surface area contributed by atoms with Gasteiger partial charge in [-0.3, -0.25) is 4.79 Å². The number of carboxylic acid groups (broad SMARTS) is 1. The van der Waals surface area contributed by atoms with Crippen LogP contribution >= 0.6 is 0 Å². The number of rotatable bonds is 3. The first-order valence-corrected chi connectivity index (χ1v) is 5.57. The fourth-order valence-electron chi connectivity index (χ4n) is 3.18. The minimum Gasteiger partial charge on any atom is -0.481 e. The molecule has 3 atom stereocenters. The minimum absolute atomic E-state index is 0.0760. The Kier molecular flexibility index (Phi) is 2.52. The smallest absolute Gasteiger partial charge is 0.303 e. The van der Waals surface area contributed by atoms with E-state index in [-0.39, 0.29) is 11.8 Å². The summed E-state index contributed by atoms with van der Waals surface area (Å²) in [7, 11) is 0. The number of aliphatic carboxylic acids is 1. The van der Waals surface area contributed by atoms with Crippen LogP contribution in [0.2, 0.25) is 0 Å². The highest BCUT2D eigenvalue weighted by molar-refractivity contribution is 5.67. The van der Waals surface area contributed by atoms with Crippen LogP contribution in [0.15, 0.2) is 0 Å². The molecule has 2 fully saturated rings. The Bertz CT molecular complexity index is 241. The molecule has 0 aromatic heterocycles. The molecule has 0 heterocycles. The van der Waals surface area contributed by atoms with Gasteiger partial charge in [-0.15, -0.1) is 0 Å². The lowest BCUT2D eigenvalue weighted by molar-refractivity contribution is -0.141. The number of nitrogens with two attached hydrogens (primary N) is 1. The summed E-state index contributed by atoms with van der Waals surface area (Å²) in [5, 5.41) is 8.88. The van der Waals surface area contributed by atoms with Crippen molar-refractivity contribution in [3.05, 3.63) is 0 Å². The molecule has 0 aromatic carbocycles. The maximum Gasteiger partial charge on any atom is 0.303 e. The van der Waals surface area contributed by atoms with Crippen molar-refractivity contribution in [2.75, 3.05) is 6.54 Å². The molecular formula is C11H19NO2. The van der Waals surface area contributed by atoms with E-state index in [4.69, 9.17) is 10.8 Å². The van der Waals surface area contributed by atoms with Crippen molar-refractivity contribution >= 4 is 5.97 Å². The number of hydrogen-bond donors (Lipinski definition) is 2. The quantitative estimate of drug-likeness (QED) is 0.722. The summed E-state index contributed by atoms with van der Waals surface area (Å²) in [6, 6.07) is 0. The zero-order chi connectivity index (χ0) is 10.2. The highest BCUT2D eigenvalue weighted by Gasteiger charge is 2.44. The number of carboxylic acids is 1. The van der Waals surface area contributed by atoms with E-state index in [9.17, 15) is 4.79 Å². The van der Waals surface area contributed by atoms with Gasteiger partial charge in [0.05, 0.1) is 6.42 Å². The summed E-state index contributed by atoms with van der Waals surface area (Å²) < 4.78 is 0. The Morgan fingerprint density at radius 1 is 1.36 bits per heavy atom. The maximum atomic E-state index is 10.8. The van der Waals surface area contributed by atoms with Gasteiger partial charge in [0.2, 0.25) is 0 Å². The Balaban J connectivity index is 2.01. The molecule has 3 nitrogen and oxygen atoms in total. The van der Waals surface area contributed by atoms with Crippen LogP contribution in [-0.2, 0) is 4.79 Å². The molecule has 14 heavy (non-hydrogen) atoms. The van der Waals surface area contributed by atoms with Crippen LogP contribution in [0.3, 0.4) is 0 Å². The van der Waals surface area contributed by atoms with E-state index in [1.165, 1.54) is 19.3 Å². The van der Waals surface area contributed by atoms with E-state index < -0.39 is 5.97 Å². The zero-order valence-corrected chi connectivity index (χ0v) is 8.54. The lowest BCUT2D eigenvalue weighted by Gasteiger charge is -2.49. The van der Waals surface area contributed by atoms with E-state index in [0.29, 0.717) is 6.54 Å². The molecule has 0 bridgehead atoms. The highest BCUT2D eigenvalue weighted by Crippen LogP contribution is 2.52. The molecule has 0 aromatic rings. The first-order chi connectivity index (χ1) is 6.65. The molecule has 0 amide bonds. The van der Waals surface area contributed by atoms with Gasteiger partial charge in [-0.1, -0.05) is 0 Å². The Labute approximate surface area is 84.7 Å². The molecule has 2 aliphatic rings. The van der Waals surface area contributed by atoms with Crippen LogP contribution in [-0.4, -0.2) is 17.6 Å². The lowest BCUT2D eigenvalue weighted by atomic mass is 9.56. The van der Waals surface area contributed by atoms with Gasteiger partial charge in [-0.25, -0.2) is 0 Å². The van der Waals surface area contributed by atoms with E-state index >= 15 is 0 Å². The van der Waals surface area contributed by atoms with Gasteiger partial charge in [0, 0.05) is 0 Å². The van der Waals surface area contributed by atoms with Crippen LogP contribution in [0.1, 0.15) is 38.5 Å². The summed E-state index contributed by atoms with van der Waals surface area (Å²) in [6.07, 6.45) is 6.21. The molecule has 0 radical (unpaired) electrons. The second kappa shape index (κ2) is 3.54. The maximum absolute atomic E-state index is 10.8. The average molecular weight is 197 g/mol. The van der Waals surface area contributed by atoms with Crippen molar-refractivity contribution in [2.45, 2.75) is 38.5 Å². The standard InChI is InChI=1S/C11H19NO2/c12-7-11(6-10(13)14)4-3-8-1-2-9(8)5-11/h8-9H,1-7,12H2,(H,13,14)/t8-,9+,11+/m0/s1. The monoisotopic (exact) mass is 197 g/mol. The number of fused-ring (bicyclic) bond motifs is 1. The first-order valence-electron chi connectivity index (χ1n) is 5.57. The molecule has 2 saturated carbocycles. The fraction of sp³-hybridized carbons (Fsp3) is 0.909. The molecule has 0 aliphatic heterocycles. The lowest BCUT2D eigenvalue weighted by Crippen LogP contribution is -2.44. The first kappa shape index (κ1) is 9.97. The molecular weight excluding hydrogens is 178 g/mol. The van der Waals surface area contributed by atoms with Gasteiger partial charge >= 0.3 is 5.97 Å². The predicted molar refractivity (Wildman–Crippen MR) is 53.8 cm³/mol. The normalized spacial score (nSPS) is 41.2. The molecule has 80 valence electrons. The Hall–Kier alpha value is -0.570. The van der Waals surface area contributed by atoms with E-state index in [0.717, 1.165) is 24.7 Å². The predicted octanol–water partition coefficient (Wildman–Crippen LogP) is 1.62. The van der Waals surface area contributed by atoms with Gasteiger partial charge in [-0.2, -0.15) is 0 Å². The summed E-state index contributed by atoms with van der Waals surface area (Å²) in [6.45, 7) is 0.544. The molecule has 2 aliphatic carbocycles. The van der Waals surface area contributed by atoms with Crippen LogP contribution in [0.25, 0.3) is 0 Å². The molecule has 3 heteroatoms. The second-order valence-electron chi connectivity index (χ2n) is 5.11. The molecule has 2 rings (SSSR count). The number of carbonyl (C=O) groups is 1. The van der Waals surface area contributed by atoms with Crippen LogP contribution in [0.5, 0.6) is 0 Å². The van der Waals surface area contributed by atoms with Crippen molar-refractivity contribution in [1.82, 2.24) is 0 Å². The SMILES string of the molecule is NC[C@]1(CC(=O)O)CC[C@@H]2CC[C@@H]2C1. The third kappa shape index (κ3) is 1.65. The van der Waals surface area contributed by atoms with Gasteiger partial charge in [0.15, 0.2) is 0 Å². The molecule has 0 spiro atoms. The minimum atomic E-state index is -0.687.